The number of nitrogens with zero attached hydrogens (tertiary/aromatic N) is 2. The molecule has 0 saturated heterocycles. The van der Waals surface area contributed by atoms with E-state index in [1.54, 1.807) is 12.1 Å². The van der Waals surface area contributed by atoms with E-state index in [9.17, 15) is 4.39 Å². The van der Waals surface area contributed by atoms with Crippen LogP contribution in [0.4, 0.5) is 4.39 Å². The lowest BCUT2D eigenvalue weighted by Gasteiger charge is -2.09. The Hall–Kier alpha value is -2.17. The number of nitrogens with two attached hydrogens (primary N) is 1. The summed E-state index contributed by atoms with van der Waals surface area (Å²) in [6, 6.07) is 6.98. The van der Waals surface area contributed by atoms with E-state index in [2.05, 4.69) is 12.0 Å². The van der Waals surface area contributed by atoms with Gasteiger partial charge in [0.2, 0.25) is 0 Å². The van der Waals surface area contributed by atoms with Gasteiger partial charge in [0.15, 0.2) is 0 Å². The highest BCUT2D eigenvalue weighted by atomic mass is 19.1. The van der Waals surface area contributed by atoms with Crippen LogP contribution in [0.1, 0.15) is 36.4 Å². The van der Waals surface area contributed by atoms with E-state index in [0.717, 1.165) is 24.2 Å². The number of nitrogens with one attached hydrogen (secondary N) is 1. The summed E-state index contributed by atoms with van der Waals surface area (Å²) < 4.78 is 16.1. The Bertz CT molecular complexity index is 631. The Morgan fingerprint density at radius 2 is 2.10 bits per heavy atom. The minimum atomic E-state index is -0.435. The van der Waals surface area contributed by atoms with Crippen LogP contribution in [-0.2, 0) is 19.4 Å². The fraction of sp³-hybridized carbons (Fsp3) is 0.333. The molecule has 106 valence electrons. The first-order chi connectivity index (χ1) is 9.56. The molecule has 2 aromatic rings. The number of aromatic nitrogens is 2. The molecule has 0 unspecified atom stereocenters. The van der Waals surface area contributed by atoms with Gasteiger partial charge in [-0.25, -0.2) is 4.39 Å². The molecule has 0 radical (unpaired) electrons. The van der Waals surface area contributed by atoms with Gasteiger partial charge in [-0.2, -0.15) is 5.10 Å². The third-order valence-electron chi connectivity index (χ3n) is 3.33. The Balaban J connectivity index is 2.37. The summed E-state index contributed by atoms with van der Waals surface area (Å²) in [7, 11) is 0. The van der Waals surface area contributed by atoms with Crippen molar-refractivity contribution < 1.29 is 4.39 Å². The minimum Gasteiger partial charge on any atom is -0.384 e. The molecule has 0 fully saturated rings. The van der Waals surface area contributed by atoms with Gasteiger partial charge in [0.25, 0.3) is 0 Å². The highest BCUT2D eigenvalue weighted by Gasteiger charge is 2.12. The summed E-state index contributed by atoms with van der Waals surface area (Å²) in [6.07, 6.45) is 1.71. The lowest BCUT2D eigenvalue weighted by Crippen LogP contribution is -2.15. The first-order valence-corrected chi connectivity index (χ1v) is 6.74. The Morgan fingerprint density at radius 1 is 1.35 bits per heavy atom. The highest BCUT2D eigenvalue weighted by Crippen LogP contribution is 2.16. The zero-order chi connectivity index (χ0) is 14.7. The van der Waals surface area contributed by atoms with Crippen LogP contribution in [0.15, 0.2) is 24.3 Å². The smallest absolute Gasteiger partial charge is 0.139 e. The van der Waals surface area contributed by atoms with Crippen LogP contribution in [0, 0.1) is 11.2 Å². The summed E-state index contributed by atoms with van der Waals surface area (Å²) in [5, 5.41) is 11.9. The van der Waals surface area contributed by atoms with Crippen molar-refractivity contribution in [3.63, 3.8) is 0 Å². The maximum absolute atomic E-state index is 14.3. The van der Waals surface area contributed by atoms with E-state index in [1.807, 2.05) is 17.7 Å². The van der Waals surface area contributed by atoms with Crippen LogP contribution in [0.2, 0.25) is 0 Å². The maximum Gasteiger partial charge on any atom is 0.139 e. The summed E-state index contributed by atoms with van der Waals surface area (Å²) in [5.74, 6) is -0.689. The zero-order valence-electron chi connectivity index (χ0n) is 11.8. The summed E-state index contributed by atoms with van der Waals surface area (Å²) >= 11 is 0. The van der Waals surface area contributed by atoms with Crippen LogP contribution < -0.4 is 5.73 Å². The quantitative estimate of drug-likeness (QED) is 0.649. The number of halogens is 1. The summed E-state index contributed by atoms with van der Waals surface area (Å²) in [5.41, 5.74) is 8.10. The number of hydrogen-bond donors (Lipinski definition) is 2. The third kappa shape index (κ3) is 2.71. The van der Waals surface area contributed by atoms with Crippen molar-refractivity contribution in [2.45, 2.75) is 33.2 Å². The zero-order valence-corrected chi connectivity index (χ0v) is 11.8. The third-order valence-corrected chi connectivity index (χ3v) is 3.33. The molecule has 0 saturated carbocycles. The molecule has 1 aromatic carbocycles. The Morgan fingerprint density at radius 3 is 2.70 bits per heavy atom. The fourth-order valence-electron chi connectivity index (χ4n) is 2.18. The van der Waals surface area contributed by atoms with Gasteiger partial charge in [0, 0.05) is 11.3 Å². The topological polar surface area (TPSA) is 67.7 Å². The molecule has 0 aliphatic heterocycles. The molecular weight excluding hydrogens is 255 g/mol. The molecule has 1 aromatic heterocycles. The fourth-order valence-corrected chi connectivity index (χ4v) is 2.18. The molecule has 4 nitrogen and oxygen atoms in total. The van der Waals surface area contributed by atoms with Crippen molar-refractivity contribution >= 4 is 5.84 Å². The average Bonchev–Trinajstić information content (AvgIpc) is 2.83. The molecule has 2 rings (SSSR count). The second kappa shape index (κ2) is 5.86. The number of aryl methyl sites for hydroxylation is 2. The number of rotatable bonds is 5. The van der Waals surface area contributed by atoms with Gasteiger partial charge in [0.05, 0.1) is 17.8 Å². The van der Waals surface area contributed by atoms with Gasteiger partial charge in [0.1, 0.15) is 11.7 Å². The normalized spacial score (nSPS) is 10.8. The second-order valence-corrected chi connectivity index (χ2v) is 4.68. The van der Waals surface area contributed by atoms with Crippen molar-refractivity contribution in [1.82, 2.24) is 9.78 Å². The van der Waals surface area contributed by atoms with Crippen LogP contribution >= 0.6 is 0 Å². The lowest BCUT2D eigenvalue weighted by atomic mass is 10.1. The van der Waals surface area contributed by atoms with E-state index >= 15 is 0 Å². The molecule has 0 atom stereocenters. The van der Waals surface area contributed by atoms with Gasteiger partial charge in [-0.15, -0.1) is 0 Å². The second-order valence-electron chi connectivity index (χ2n) is 4.68. The van der Waals surface area contributed by atoms with Crippen LogP contribution in [0.25, 0.3) is 0 Å². The molecular formula is C15H19FN4. The van der Waals surface area contributed by atoms with Crippen molar-refractivity contribution in [1.29, 1.82) is 5.41 Å². The largest absolute Gasteiger partial charge is 0.384 e. The number of nitrogen functional groups attached to an aromatic ring is 1. The lowest BCUT2D eigenvalue weighted by molar-refractivity contribution is 0.572. The van der Waals surface area contributed by atoms with Crippen LogP contribution in [0.3, 0.4) is 0 Å². The van der Waals surface area contributed by atoms with E-state index in [-0.39, 0.29) is 11.4 Å². The van der Waals surface area contributed by atoms with Gasteiger partial charge in [-0.3, -0.25) is 10.1 Å². The number of benzene rings is 1. The first kappa shape index (κ1) is 14.2. The highest BCUT2D eigenvalue weighted by molar-refractivity contribution is 5.95. The van der Waals surface area contributed by atoms with E-state index in [1.165, 1.54) is 6.07 Å². The molecule has 20 heavy (non-hydrogen) atoms. The van der Waals surface area contributed by atoms with Gasteiger partial charge in [-0.1, -0.05) is 26.0 Å². The monoisotopic (exact) mass is 274 g/mol. The van der Waals surface area contributed by atoms with Gasteiger partial charge >= 0.3 is 0 Å². The molecule has 0 bridgehead atoms. The molecule has 1 heterocycles. The van der Waals surface area contributed by atoms with Crippen molar-refractivity contribution in [2.75, 3.05) is 0 Å². The number of hydrogen-bond acceptors (Lipinski definition) is 2. The van der Waals surface area contributed by atoms with E-state index in [4.69, 9.17) is 11.1 Å². The number of amidine groups is 1. The molecule has 5 heteroatoms. The SMILES string of the molecule is CCc1cc(CC)n(Cc2cccc(C(=N)N)c2F)n1. The van der Waals surface area contributed by atoms with Crippen molar-refractivity contribution in [2.24, 2.45) is 5.73 Å². The van der Waals surface area contributed by atoms with E-state index < -0.39 is 5.82 Å². The predicted octanol–water partition coefficient (Wildman–Crippen LogP) is 2.48. The van der Waals surface area contributed by atoms with Gasteiger partial charge in [-0.05, 0) is 25.0 Å². The van der Waals surface area contributed by atoms with Crippen molar-refractivity contribution in [3.8, 4) is 0 Å². The predicted molar refractivity (Wildman–Crippen MR) is 77.5 cm³/mol. The standard InChI is InChI=1S/C15H19FN4/c1-3-11-8-12(4-2)20(19-11)9-10-6-5-7-13(14(10)16)15(17)18/h5-8H,3-4,9H2,1-2H3,(H3,17,18). The summed E-state index contributed by atoms with van der Waals surface area (Å²) in [4.78, 5) is 0. The van der Waals surface area contributed by atoms with Crippen LogP contribution in [0.5, 0.6) is 0 Å². The first-order valence-electron chi connectivity index (χ1n) is 6.74. The van der Waals surface area contributed by atoms with Crippen molar-refractivity contribution in [3.05, 3.63) is 52.6 Å². The average molecular weight is 274 g/mol. The van der Waals surface area contributed by atoms with E-state index in [0.29, 0.717) is 12.1 Å². The molecule has 0 aliphatic rings. The Kier molecular flexibility index (Phi) is 4.17. The maximum atomic E-state index is 14.3. The summed E-state index contributed by atoms with van der Waals surface area (Å²) in [6.45, 7) is 4.45. The molecule has 3 N–H and O–H groups in total. The Labute approximate surface area is 117 Å². The molecule has 0 aliphatic carbocycles. The van der Waals surface area contributed by atoms with Gasteiger partial charge < -0.3 is 5.73 Å². The molecule has 0 spiro atoms. The van der Waals surface area contributed by atoms with Crippen LogP contribution in [-0.4, -0.2) is 15.6 Å². The molecule has 0 amide bonds. The minimum absolute atomic E-state index is 0.142.